The van der Waals surface area contributed by atoms with E-state index in [0.29, 0.717) is 28.4 Å². The number of dihydropyridines is 1. The topological polar surface area (TPSA) is 75.0 Å². The molecule has 1 aliphatic heterocycles. The molecule has 3 rings (SSSR count). The molecular formula is C19H16F3N3O. The fraction of sp³-hybridized carbons (Fsp3) is 0.211. The third-order valence-corrected chi connectivity index (χ3v) is 4.34. The lowest BCUT2D eigenvalue weighted by Gasteiger charge is -2.25. The van der Waals surface area contributed by atoms with Crippen molar-refractivity contribution in [3.63, 3.8) is 0 Å². The summed E-state index contributed by atoms with van der Waals surface area (Å²) < 4.78 is 45.5. The number of nitrogens with two attached hydrogens (primary N) is 1. The van der Waals surface area contributed by atoms with E-state index in [1.54, 1.807) is 19.9 Å². The van der Waals surface area contributed by atoms with Gasteiger partial charge in [0.05, 0.1) is 23.1 Å². The number of allylic oxidation sites excluding steroid dienone is 3. The van der Waals surface area contributed by atoms with Crippen LogP contribution in [0.1, 0.15) is 31.1 Å². The second-order valence-corrected chi connectivity index (χ2v) is 6.03. The van der Waals surface area contributed by atoms with Crippen molar-refractivity contribution in [2.75, 3.05) is 0 Å². The number of rotatable bonds is 2. The molecular weight excluding hydrogens is 343 g/mol. The number of hydrogen-bond acceptors (Lipinski definition) is 4. The Morgan fingerprint density at radius 1 is 1.12 bits per heavy atom. The molecule has 0 spiro atoms. The zero-order valence-corrected chi connectivity index (χ0v) is 14.1. The summed E-state index contributed by atoms with van der Waals surface area (Å²) >= 11 is 0. The Balaban J connectivity index is 2.10. The Labute approximate surface area is 148 Å². The Morgan fingerprint density at radius 3 is 2.46 bits per heavy atom. The van der Waals surface area contributed by atoms with Crippen LogP contribution in [-0.2, 0) is 6.18 Å². The van der Waals surface area contributed by atoms with Gasteiger partial charge in [0, 0.05) is 22.7 Å². The molecule has 1 aromatic heterocycles. The lowest BCUT2D eigenvalue weighted by atomic mass is 9.89. The van der Waals surface area contributed by atoms with Gasteiger partial charge in [-0.1, -0.05) is 18.2 Å². The van der Waals surface area contributed by atoms with Gasteiger partial charge in [0.1, 0.15) is 11.5 Å². The molecule has 0 aliphatic carbocycles. The number of furan rings is 1. The lowest BCUT2D eigenvalue weighted by molar-refractivity contribution is -0.137. The molecule has 4 nitrogen and oxygen atoms in total. The SMILES string of the molecule is CC1=C(N)C(c2ccc(-c3ccccc3C(F)(F)F)o2)C(C#N)=C(C)N1. The Morgan fingerprint density at radius 2 is 1.81 bits per heavy atom. The fourth-order valence-corrected chi connectivity index (χ4v) is 3.05. The maximum absolute atomic E-state index is 13.2. The minimum atomic E-state index is -4.50. The highest BCUT2D eigenvalue weighted by Gasteiger charge is 2.35. The van der Waals surface area contributed by atoms with E-state index in [2.05, 4.69) is 11.4 Å². The third-order valence-electron chi connectivity index (χ3n) is 4.34. The molecule has 1 aromatic carbocycles. The van der Waals surface area contributed by atoms with Gasteiger partial charge in [-0.15, -0.1) is 0 Å². The van der Waals surface area contributed by atoms with Gasteiger partial charge in [-0.2, -0.15) is 18.4 Å². The Kier molecular flexibility index (Phi) is 4.28. The molecule has 1 atom stereocenters. The van der Waals surface area contributed by atoms with Crippen molar-refractivity contribution in [3.05, 3.63) is 70.4 Å². The predicted octanol–water partition coefficient (Wildman–Crippen LogP) is 4.64. The predicted molar refractivity (Wildman–Crippen MR) is 90.2 cm³/mol. The van der Waals surface area contributed by atoms with E-state index in [-0.39, 0.29) is 11.3 Å². The lowest BCUT2D eigenvalue weighted by Crippen LogP contribution is -2.27. The van der Waals surface area contributed by atoms with Crippen LogP contribution in [0.5, 0.6) is 0 Å². The molecule has 2 heterocycles. The summed E-state index contributed by atoms with van der Waals surface area (Å²) in [5.41, 5.74) is 7.38. The number of nitriles is 1. The molecule has 0 radical (unpaired) electrons. The first kappa shape index (κ1) is 17.7. The second kappa shape index (κ2) is 6.30. The van der Waals surface area contributed by atoms with Crippen molar-refractivity contribution in [2.45, 2.75) is 25.9 Å². The molecule has 0 saturated heterocycles. The van der Waals surface area contributed by atoms with Gasteiger partial charge in [0.15, 0.2) is 0 Å². The van der Waals surface area contributed by atoms with Gasteiger partial charge in [0.25, 0.3) is 0 Å². The first-order chi connectivity index (χ1) is 12.2. The highest BCUT2D eigenvalue weighted by Crippen LogP contribution is 2.41. The summed E-state index contributed by atoms with van der Waals surface area (Å²) in [6.07, 6.45) is -4.50. The summed E-state index contributed by atoms with van der Waals surface area (Å²) in [5.74, 6) is -0.230. The molecule has 1 unspecified atom stereocenters. The molecule has 26 heavy (non-hydrogen) atoms. The first-order valence-electron chi connectivity index (χ1n) is 7.84. The average molecular weight is 359 g/mol. The standard InChI is InChI=1S/C19H16F3N3O/c1-10-13(9-23)17(18(24)11(2)25-10)16-8-7-15(26-16)12-5-3-4-6-14(12)19(20,21)22/h3-8,17,25H,24H2,1-2H3. The van der Waals surface area contributed by atoms with Crippen LogP contribution in [0.2, 0.25) is 0 Å². The normalized spacial score (nSPS) is 17.9. The van der Waals surface area contributed by atoms with Crippen LogP contribution in [0.3, 0.4) is 0 Å². The van der Waals surface area contributed by atoms with E-state index in [1.165, 1.54) is 24.3 Å². The average Bonchev–Trinajstić information content (AvgIpc) is 3.06. The van der Waals surface area contributed by atoms with E-state index in [9.17, 15) is 18.4 Å². The third kappa shape index (κ3) is 2.94. The van der Waals surface area contributed by atoms with E-state index < -0.39 is 17.7 Å². The van der Waals surface area contributed by atoms with E-state index in [0.717, 1.165) is 6.07 Å². The molecule has 0 fully saturated rings. The van der Waals surface area contributed by atoms with Crippen molar-refractivity contribution in [2.24, 2.45) is 5.73 Å². The zero-order chi connectivity index (χ0) is 19.1. The van der Waals surface area contributed by atoms with Crippen molar-refractivity contribution in [3.8, 4) is 17.4 Å². The highest BCUT2D eigenvalue weighted by molar-refractivity contribution is 5.64. The minimum Gasteiger partial charge on any atom is -0.460 e. The van der Waals surface area contributed by atoms with Crippen molar-refractivity contribution in [1.82, 2.24) is 5.32 Å². The minimum absolute atomic E-state index is 0.0568. The summed E-state index contributed by atoms with van der Waals surface area (Å²) in [6.45, 7) is 3.51. The van der Waals surface area contributed by atoms with Gasteiger partial charge in [-0.05, 0) is 32.0 Å². The van der Waals surface area contributed by atoms with Crippen molar-refractivity contribution in [1.29, 1.82) is 5.26 Å². The monoisotopic (exact) mass is 359 g/mol. The number of nitrogens with one attached hydrogen (secondary N) is 1. The Bertz CT molecular complexity index is 961. The van der Waals surface area contributed by atoms with Crippen LogP contribution >= 0.6 is 0 Å². The molecule has 0 amide bonds. The summed E-state index contributed by atoms with van der Waals surface area (Å²) in [4.78, 5) is 0. The van der Waals surface area contributed by atoms with Crippen LogP contribution < -0.4 is 11.1 Å². The summed E-state index contributed by atoms with van der Waals surface area (Å²) in [7, 11) is 0. The van der Waals surface area contributed by atoms with E-state index in [4.69, 9.17) is 10.2 Å². The van der Waals surface area contributed by atoms with Crippen LogP contribution in [0.25, 0.3) is 11.3 Å². The van der Waals surface area contributed by atoms with Crippen LogP contribution in [0.15, 0.2) is 63.5 Å². The summed E-state index contributed by atoms with van der Waals surface area (Å²) in [6, 6.07) is 10.3. The van der Waals surface area contributed by atoms with E-state index >= 15 is 0 Å². The first-order valence-corrected chi connectivity index (χ1v) is 7.84. The molecule has 2 aromatic rings. The van der Waals surface area contributed by atoms with Gasteiger partial charge in [-0.3, -0.25) is 0 Å². The summed E-state index contributed by atoms with van der Waals surface area (Å²) in [5, 5.41) is 12.5. The number of hydrogen-bond donors (Lipinski definition) is 2. The largest absolute Gasteiger partial charge is 0.460 e. The molecule has 3 N–H and O–H groups in total. The number of nitrogens with zero attached hydrogens (tertiary/aromatic N) is 1. The maximum atomic E-state index is 13.2. The number of halogens is 3. The van der Waals surface area contributed by atoms with Gasteiger partial charge >= 0.3 is 6.18 Å². The molecule has 0 bridgehead atoms. The van der Waals surface area contributed by atoms with Crippen molar-refractivity contribution < 1.29 is 17.6 Å². The van der Waals surface area contributed by atoms with Crippen LogP contribution in [0.4, 0.5) is 13.2 Å². The quantitative estimate of drug-likeness (QED) is 0.819. The van der Waals surface area contributed by atoms with Gasteiger partial charge in [0.2, 0.25) is 0 Å². The van der Waals surface area contributed by atoms with Crippen LogP contribution in [-0.4, -0.2) is 0 Å². The highest BCUT2D eigenvalue weighted by atomic mass is 19.4. The van der Waals surface area contributed by atoms with Gasteiger partial charge < -0.3 is 15.5 Å². The van der Waals surface area contributed by atoms with Crippen molar-refractivity contribution >= 4 is 0 Å². The number of benzene rings is 1. The molecule has 0 saturated carbocycles. The maximum Gasteiger partial charge on any atom is 0.417 e. The fourth-order valence-electron chi connectivity index (χ4n) is 3.05. The smallest absolute Gasteiger partial charge is 0.417 e. The van der Waals surface area contributed by atoms with Gasteiger partial charge in [-0.25, -0.2) is 0 Å². The van der Waals surface area contributed by atoms with E-state index in [1.807, 2.05) is 0 Å². The molecule has 1 aliphatic rings. The Hall–Kier alpha value is -3.14. The number of alkyl halides is 3. The second-order valence-electron chi connectivity index (χ2n) is 6.03. The molecule has 7 heteroatoms. The van der Waals surface area contributed by atoms with Crippen LogP contribution in [0, 0.1) is 11.3 Å². The molecule has 134 valence electrons. The zero-order valence-electron chi connectivity index (χ0n) is 14.1.